The second-order valence-electron chi connectivity index (χ2n) is 9.28. The Kier molecular flexibility index (Phi) is 8.04. The fourth-order valence-electron chi connectivity index (χ4n) is 5.75. The van der Waals surface area contributed by atoms with Crippen LogP contribution >= 0.6 is 24.0 Å². The minimum atomic E-state index is 0. The zero-order valence-electron chi connectivity index (χ0n) is 19.2. The van der Waals surface area contributed by atoms with Gasteiger partial charge in [0.05, 0.1) is 13.2 Å². The predicted octanol–water partition coefficient (Wildman–Crippen LogP) is 2.87. The SMILES string of the molecule is CN=C(NCC1(c2ccc3c(c2)OCCO3)CCCC1)N1CCC(N2CCOCC2)C1.I. The second kappa shape index (κ2) is 10.8. The molecule has 1 aromatic rings. The number of nitrogens with zero attached hydrogens (tertiary/aromatic N) is 3. The summed E-state index contributed by atoms with van der Waals surface area (Å²) >= 11 is 0. The van der Waals surface area contributed by atoms with Crippen LogP contribution in [0, 0.1) is 0 Å². The molecular weight excluding hydrogens is 519 g/mol. The van der Waals surface area contributed by atoms with Crippen molar-refractivity contribution in [1.29, 1.82) is 0 Å². The van der Waals surface area contributed by atoms with Crippen molar-refractivity contribution < 1.29 is 14.2 Å². The Bertz CT molecular complexity index is 793. The average molecular weight is 556 g/mol. The number of hydrogen-bond acceptors (Lipinski definition) is 5. The quantitative estimate of drug-likeness (QED) is 0.350. The van der Waals surface area contributed by atoms with Gasteiger partial charge >= 0.3 is 0 Å². The van der Waals surface area contributed by atoms with Crippen LogP contribution in [0.1, 0.15) is 37.7 Å². The van der Waals surface area contributed by atoms with Crippen molar-refractivity contribution in [2.75, 3.05) is 66.2 Å². The first-order valence-electron chi connectivity index (χ1n) is 11.9. The third kappa shape index (κ3) is 4.97. The first-order chi connectivity index (χ1) is 15.3. The molecule has 1 atom stereocenters. The number of hydrogen-bond donors (Lipinski definition) is 1. The van der Waals surface area contributed by atoms with Gasteiger partial charge in [0.2, 0.25) is 0 Å². The van der Waals surface area contributed by atoms with Crippen LogP contribution in [0.25, 0.3) is 0 Å². The van der Waals surface area contributed by atoms with Crippen molar-refractivity contribution in [1.82, 2.24) is 15.1 Å². The van der Waals surface area contributed by atoms with E-state index in [0.29, 0.717) is 19.3 Å². The zero-order chi connectivity index (χ0) is 21.1. The molecule has 2 saturated heterocycles. The molecule has 5 rings (SSSR count). The van der Waals surface area contributed by atoms with Crippen LogP contribution in [0.5, 0.6) is 11.5 Å². The van der Waals surface area contributed by atoms with E-state index in [1.54, 1.807) is 0 Å². The molecule has 1 saturated carbocycles. The molecular formula is C24H37IN4O3. The van der Waals surface area contributed by atoms with E-state index >= 15 is 0 Å². The largest absolute Gasteiger partial charge is 0.486 e. The summed E-state index contributed by atoms with van der Waals surface area (Å²) < 4.78 is 17.1. The van der Waals surface area contributed by atoms with Gasteiger partial charge in [0, 0.05) is 51.2 Å². The molecule has 32 heavy (non-hydrogen) atoms. The van der Waals surface area contributed by atoms with E-state index in [0.717, 1.165) is 63.4 Å². The number of morpholine rings is 1. The monoisotopic (exact) mass is 556 g/mol. The molecule has 0 bridgehead atoms. The number of ether oxygens (including phenoxy) is 3. The molecule has 0 aromatic heterocycles. The molecule has 4 aliphatic rings. The number of fused-ring (bicyclic) bond motifs is 1. The molecule has 1 unspecified atom stereocenters. The van der Waals surface area contributed by atoms with E-state index in [-0.39, 0.29) is 29.4 Å². The summed E-state index contributed by atoms with van der Waals surface area (Å²) in [6.07, 6.45) is 6.16. The van der Waals surface area contributed by atoms with Crippen LogP contribution in [-0.2, 0) is 10.2 Å². The maximum atomic E-state index is 5.88. The molecule has 3 heterocycles. The Morgan fingerprint density at radius 1 is 1.06 bits per heavy atom. The van der Waals surface area contributed by atoms with E-state index in [4.69, 9.17) is 14.2 Å². The third-order valence-corrected chi connectivity index (χ3v) is 7.54. The lowest BCUT2D eigenvalue weighted by molar-refractivity contribution is 0.0195. The van der Waals surface area contributed by atoms with Crippen molar-refractivity contribution in [3.8, 4) is 11.5 Å². The fraction of sp³-hybridized carbons (Fsp3) is 0.708. The first-order valence-corrected chi connectivity index (χ1v) is 11.9. The summed E-state index contributed by atoms with van der Waals surface area (Å²) in [6.45, 7) is 8.14. The lowest BCUT2D eigenvalue weighted by atomic mass is 9.78. The van der Waals surface area contributed by atoms with Crippen LogP contribution in [0.3, 0.4) is 0 Å². The molecule has 1 aliphatic carbocycles. The molecule has 0 spiro atoms. The zero-order valence-corrected chi connectivity index (χ0v) is 21.5. The Labute approximate surface area is 208 Å². The van der Waals surface area contributed by atoms with Gasteiger partial charge < -0.3 is 24.4 Å². The minimum Gasteiger partial charge on any atom is -0.486 e. The van der Waals surface area contributed by atoms with E-state index in [1.165, 1.54) is 37.7 Å². The molecule has 0 radical (unpaired) electrons. The molecule has 3 fully saturated rings. The van der Waals surface area contributed by atoms with Crippen LogP contribution in [0.15, 0.2) is 23.2 Å². The van der Waals surface area contributed by atoms with E-state index in [2.05, 4.69) is 38.3 Å². The molecule has 0 amide bonds. The molecule has 1 N–H and O–H groups in total. The number of rotatable bonds is 4. The van der Waals surface area contributed by atoms with Gasteiger partial charge in [-0.2, -0.15) is 0 Å². The van der Waals surface area contributed by atoms with Crippen LogP contribution in [-0.4, -0.2) is 88.0 Å². The van der Waals surface area contributed by atoms with Crippen molar-refractivity contribution >= 4 is 29.9 Å². The van der Waals surface area contributed by atoms with Gasteiger partial charge in [0.15, 0.2) is 17.5 Å². The van der Waals surface area contributed by atoms with Gasteiger partial charge in [0.25, 0.3) is 0 Å². The smallest absolute Gasteiger partial charge is 0.193 e. The molecule has 1 aromatic carbocycles. The summed E-state index contributed by atoms with van der Waals surface area (Å²) in [7, 11) is 1.91. The Morgan fingerprint density at radius 3 is 2.56 bits per heavy atom. The highest BCUT2D eigenvalue weighted by Crippen LogP contribution is 2.43. The summed E-state index contributed by atoms with van der Waals surface area (Å²) in [6, 6.07) is 7.16. The third-order valence-electron chi connectivity index (χ3n) is 7.54. The van der Waals surface area contributed by atoms with Gasteiger partial charge in [0.1, 0.15) is 13.2 Å². The molecule has 8 heteroatoms. The topological polar surface area (TPSA) is 58.6 Å². The highest BCUT2D eigenvalue weighted by atomic mass is 127. The highest BCUT2D eigenvalue weighted by molar-refractivity contribution is 14.0. The minimum absolute atomic E-state index is 0. The number of guanidine groups is 1. The maximum absolute atomic E-state index is 5.88. The van der Waals surface area contributed by atoms with E-state index in [1.807, 2.05) is 7.05 Å². The lowest BCUT2D eigenvalue weighted by Gasteiger charge is -2.34. The van der Waals surface area contributed by atoms with Crippen LogP contribution in [0.4, 0.5) is 0 Å². The fourth-order valence-corrected chi connectivity index (χ4v) is 5.75. The van der Waals surface area contributed by atoms with Crippen molar-refractivity contribution in [2.24, 2.45) is 4.99 Å². The standard InChI is InChI=1S/C24H36N4O3.HI/c1-25-23(28-9-6-20(17-28)27-10-12-29-13-11-27)26-18-24(7-2-3-8-24)19-4-5-21-22(16-19)31-15-14-30-21;/h4-5,16,20H,2-3,6-15,17-18H2,1H3,(H,25,26);1H. The van der Waals surface area contributed by atoms with Gasteiger partial charge in [-0.25, -0.2) is 0 Å². The van der Waals surface area contributed by atoms with Gasteiger partial charge in [-0.05, 0) is 37.0 Å². The van der Waals surface area contributed by atoms with Crippen molar-refractivity contribution in [2.45, 2.75) is 43.6 Å². The van der Waals surface area contributed by atoms with Gasteiger partial charge in [-0.1, -0.05) is 18.9 Å². The van der Waals surface area contributed by atoms with Gasteiger partial charge in [-0.15, -0.1) is 24.0 Å². The summed E-state index contributed by atoms with van der Waals surface area (Å²) in [5.74, 6) is 2.81. The maximum Gasteiger partial charge on any atom is 0.193 e. The summed E-state index contributed by atoms with van der Waals surface area (Å²) in [4.78, 5) is 9.67. The number of halogens is 1. The predicted molar refractivity (Wildman–Crippen MR) is 137 cm³/mol. The van der Waals surface area contributed by atoms with Crippen molar-refractivity contribution in [3.05, 3.63) is 23.8 Å². The second-order valence-corrected chi connectivity index (χ2v) is 9.28. The average Bonchev–Trinajstić information content (AvgIpc) is 3.51. The molecule has 3 aliphatic heterocycles. The van der Waals surface area contributed by atoms with E-state index < -0.39 is 0 Å². The summed E-state index contributed by atoms with van der Waals surface area (Å²) in [5, 5.41) is 3.76. The number of aliphatic imine (C=N–C) groups is 1. The lowest BCUT2D eigenvalue weighted by Crippen LogP contribution is -2.48. The normalized spacial score (nSPS) is 25.5. The number of benzene rings is 1. The van der Waals surface area contributed by atoms with E-state index in [9.17, 15) is 0 Å². The van der Waals surface area contributed by atoms with Crippen molar-refractivity contribution in [3.63, 3.8) is 0 Å². The number of likely N-dealkylation sites (tertiary alicyclic amines) is 1. The Balaban J connectivity index is 0.00000245. The van der Waals surface area contributed by atoms with Crippen LogP contribution in [0.2, 0.25) is 0 Å². The number of nitrogens with one attached hydrogen (secondary N) is 1. The Morgan fingerprint density at radius 2 is 1.81 bits per heavy atom. The molecule has 7 nitrogen and oxygen atoms in total. The van der Waals surface area contributed by atoms with Crippen LogP contribution < -0.4 is 14.8 Å². The summed E-state index contributed by atoms with van der Waals surface area (Å²) in [5.41, 5.74) is 1.50. The molecule has 178 valence electrons. The first kappa shape index (κ1) is 23.9. The highest BCUT2D eigenvalue weighted by Gasteiger charge is 2.37. The Hall–Kier alpha value is -1.26. The van der Waals surface area contributed by atoms with Gasteiger partial charge in [-0.3, -0.25) is 9.89 Å².